The minimum atomic E-state index is -3.66. The zero-order chi connectivity index (χ0) is 21.2. The molecule has 0 radical (unpaired) electrons. The standard InChI is InChI=1S/C21H25N3O4S/c1-21(2,3)23-29(27,28)18-11-9-15(10-12-18)20(26)22-16-6-4-7-17(14-16)24-13-5-8-19(24)25/h4,6-7,9-12,14,23H,5,8,13H2,1-3H3,(H,22,26). The van der Waals surface area contributed by atoms with Crippen LogP contribution in [0.2, 0.25) is 0 Å². The predicted molar refractivity (Wildman–Crippen MR) is 112 cm³/mol. The van der Waals surface area contributed by atoms with Gasteiger partial charge in [0.05, 0.1) is 4.90 Å². The topological polar surface area (TPSA) is 95.6 Å². The second-order valence-corrected chi connectivity index (χ2v) is 9.72. The van der Waals surface area contributed by atoms with Crippen molar-refractivity contribution in [2.24, 2.45) is 0 Å². The van der Waals surface area contributed by atoms with Crippen molar-refractivity contribution in [3.63, 3.8) is 0 Å². The Labute approximate surface area is 171 Å². The summed E-state index contributed by atoms with van der Waals surface area (Å²) in [7, 11) is -3.66. The summed E-state index contributed by atoms with van der Waals surface area (Å²) in [6, 6.07) is 12.9. The van der Waals surface area contributed by atoms with Gasteiger partial charge in [0.1, 0.15) is 0 Å². The highest BCUT2D eigenvalue weighted by atomic mass is 32.2. The Hall–Kier alpha value is -2.71. The number of nitrogens with one attached hydrogen (secondary N) is 2. The molecule has 2 amide bonds. The van der Waals surface area contributed by atoms with Crippen LogP contribution < -0.4 is 14.9 Å². The molecule has 8 heteroatoms. The van der Waals surface area contributed by atoms with E-state index in [1.54, 1.807) is 43.9 Å². The molecule has 1 heterocycles. The van der Waals surface area contributed by atoms with E-state index < -0.39 is 15.6 Å². The highest BCUT2D eigenvalue weighted by Gasteiger charge is 2.23. The number of sulfonamides is 1. The summed E-state index contributed by atoms with van der Waals surface area (Å²) < 4.78 is 27.3. The molecule has 0 atom stereocenters. The van der Waals surface area contributed by atoms with E-state index >= 15 is 0 Å². The van der Waals surface area contributed by atoms with Crippen molar-refractivity contribution < 1.29 is 18.0 Å². The molecule has 0 bridgehead atoms. The highest BCUT2D eigenvalue weighted by Crippen LogP contribution is 2.24. The molecule has 1 aliphatic rings. The number of anilines is 2. The van der Waals surface area contributed by atoms with Gasteiger partial charge in [0.2, 0.25) is 15.9 Å². The Bertz CT molecular complexity index is 1020. The molecule has 0 aromatic heterocycles. The maximum absolute atomic E-state index is 12.5. The lowest BCUT2D eigenvalue weighted by Crippen LogP contribution is -2.40. The smallest absolute Gasteiger partial charge is 0.255 e. The quantitative estimate of drug-likeness (QED) is 0.784. The summed E-state index contributed by atoms with van der Waals surface area (Å²) in [5.74, 6) is -0.281. The fraction of sp³-hybridized carbons (Fsp3) is 0.333. The van der Waals surface area contributed by atoms with Crippen LogP contribution in [0.1, 0.15) is 44.0 Å². The van der Waals surface area contributed by atoms with E-state index in [4.69, 9.17) is 0 Å². The molecule has 0 saturated carbocycles. The molecule has 3 rings (SSSR count). The molecule has 1 saturated heterocycles. The van der Waals surface area contributed by atoms with Gasteiger partial charge in [-0.05, 0) is 69.7 Å². The number of amides is 2. The molecule has 0 spiro atoms. The van der Waals surface area contributed by atoms with Gasteiger partial charge in [-0.2, -0.15) is 0 Å². The zero-order valence-corrected chi connectivity index (χ0v) is 17.5. The molecule has 0 unspecified atom stereocenters. The maximum Gasteiger partial charge on any atom is 0.255 e. The minimum Gasteiger partial charge on any atom is -0.322 e. The van der Waals surface area contributed by atoms with Crippen molar-refractivity contribution in [1.82, 2.24) is 4.72 Å². The summed E-state index contributed by atoms with van der Waals surface area (Å²) in [4.78, 5) is 26.3. The first-order chi connectivity index (χ1) is 13.5. The van der Waals surface area contributed by atoms with Crippen LogP contribution in [0.25, 0.3) is 0 Å². The SMILES string of the molecule is CC(C)(C)NS(=O)(=O)c1ccc(C(=O)Nc2cccc(N3CCCC3=O)c2)cc1. The van der Waals surface area contributed by atoms with Gasteiger partial charge < -0.3 is 10.2 Å². The molecule has 0 aliphatic carbocycles. The van der Waals surface area contributed by atoms with Crippen molar-refractivity contribution in [3.8, 4) is 0 Å². The second kappa shape index (κ2) is 7.96. The fourth-order valence-corrected chi connectivity index (χ4v) is 4.54. The van der Waals surface area contributed by atoms with Gasteiger partial charge in [-0.1, -0.05) is 6.07 Å². The summed E-state index contributed by atoms with van der Waals surface area (Å²) in [5.41, 5.74) is 1.05. The van der Waals surface area contributed by atoms with Gasteiger partial charge in [0.25, 0.3) is 5.91 Å². The number of benzene rings is 2. The first-order valence-corrected chi connectivity index (χ1v) is 10.9. The number of carbonyl (C=O) groups is 2. The Balaban J connectivity index is 1.72. The predicted octanol–water partition coefficient (Wildman–Crippen LogP) is 3.14. The molecule has 2 aromatic carbocycles. The molecule has 7 nitrogen and oxygen atoms in total. The maximum atomic E-state index is 12.5. The van der Waals surface area contributed by atoms with Crippen LogP contribution in [0.3, 0.4) is 0 Å². The highest BCUT2D eigenvalue weighted by molar-refractivity contribution is 7.89. The van der Waals surface area contributed by atoms with Crippen molar-refractivity contribution in [3.05, 3.63) is 54.1 Å². The van der Waals surface area contributed by atoms with Crippen LogP contribution in [-0.4, -0.2) is 32.3 Å². The summed E-state index contributed by atoms with van der Waals surface area (Å²) in [6.45, 7) is 5.96. The Morgan fingerprint density at radius 3 is 2.34 bits per heavy atom. The zero-order valence-electron chi connectivity index (χ0n) is 16.7. The third-order valence-corrected chi connectivity index (χ3v) is 6.13. The van der Waals surface area contributed by atoms with Gasteiger partial charge in [0, 0.05) is 35.4 Å². The first-order valence-electron chi connectivity index (χ1n) is 9.41. The van der Waals surface area contributed by atoms with Crippen molar-refractivity contribution in [2.45, 2.75) is 44.0 Å². The molecule has 2 aromatic rings. The normalized spacial score (nSPS) is 14.9. The molecule has 1 aliphatic heterocycles. The van der Waals surface area contributed by atoms with Gasteiger partial charge >= 0.3 is 0 Å². The van der Waals surface area contributed by atoms with E-state index in [9.17, 15) is 18.0 Å². The summed E-state index contributed by atoms with van der Waals surface area (Å²) >= 11 is 0. The van der Waals surface area contributed by atoms with E-state index in [1.807, 2.05) is 6.07 Å². The third-order valence-electron chi connectivity index (χ3n) is 4.36. The van der Waals surface area contributed by atoms with Crippen LogP contribution >= 0.6 is 0 Å². The van der Waals surface area contributed by atoms with Gasteiger partial charge in [-0.3, -0.25) is 9.59 Å². The number of carbonyl (C=O) groups excluding carboxylic acids is 2. The van der Waals surface area contributed by atoms with Gasteiger partial charge in [0.15, 0.2) is 0 Å². The van der Waals surface area contributed by atoms with E-state index in [0.29, 0.717) is 24.2 Å². The van der Waals surface area contributed by atoms with E-state index in [1.165, 1.54) is 24.3 Å². The average Bonchev–Trinajstić information content (AvgIpc) is 3.06. The van der Waals surface area contributed by atoms with Crippen LogP contribution in [0.5, 0.6) is 0 Å². The molecule has 29 heavy (non-hydrogen) atoms. The molecular weight excluding hydrogens is 390 g/mol. The fourth-order valence-electron chi connectivity index (χ4n) is 3.12. The summed E-state index contributed by atoms with van der Waals surface area (Å²) in [5, 5.41) is 2.79. The minimum absolute atomic E-state index is 0.0779. The molecular formula is C21H25N3O4S. The lowest BCUT2D eigenvalue weighted by molar-refractivity contribution is -0.117. The Morgan fingerprint density at radius 2 is 1.76 bits per heavy atom. The average molecular weight is 416 g/mol. The van der Waals surface area contributed by atoms with Gasteiger partial charge in [-0.15, -0.1) is 0 Å². The summed E-state index contributed by atoms with van der Waals surface area (Å²) in [6.07, 6.45) is 1.37. The third kappa shape index (κ3) is 5.21. The van der Waals surface area contributed by atoms with Crippen molar-refractivity contribution >= 4 is 33.2 Å². The number of rotatable bonds is 5. The van der Waals surface area contributed by atoms with Gasteiger partial charge in [-0.25, -0.2) is 13.1 Å². The molecule has 154 valence electrons. The lowest BCUT2D eigenvalue weighted by Gasteiger charge is -2.20. The van der Waals surface area contributed by atoms with E-state index in [-0.39, 0.29) is 16.7 Å². The first kappa shape index (κ1) is 21.0. The lowest BCUT2D eigenvalue weighted by atomic mass is 10.1. The van der Waals surface area contributed by atoms with Crippen LogP contribution in [0.4, 0.5) is 11.4 Å². The van der Waals surface area contributed by atoms with Crippen LogP contribution in [0.15, 0.2) is 53.4 Å². The van der Waals surface area contributed by atoms with Crippen LogP contribution in [-0.2, 0) is 14.8 Å². The van der Waals surface area contributed by atoms with Crippen LogP contribution in [0, 0.1) is 0 Å². The monoisotopic (exact) mass is 415 g/mol. The van der Waals surface area contributed by atoms with E-state index in [2.05, 4.69) is 10.0 Å². The Kier molecular flexibility index (Phi) is 5.77. The number of hydrogen-bond donors (Lipinski definition) is 2. The van der Waals surface area contributed by atoms with Crippen molar-refractivity contribution in [2.75, 3.05) is 16.8 Å². The number of hydrogen-bond acceptors (Lipinski definition) is 4. The number of nitrogens with zero attached hydrogens (tertiary/aromatic N) is 1. The van der Waals surface area contributed by atoms with Crippen molar-refractivity contribution in [1.29, 1.82) is 0 Å². The molecule has 1 fully saturated rings. The molecule has 2 N–H and O–H groups in total. The van der Waals surface area contributed by atoms with E-state index in [0.717, 1.165) is 12.1 Å². The second-order valence-electron chi connectivity index (χ2n) is 8.03. The largest absolute Gasteiger partial charge is 0.322 e. The Morgan fingerprint density at radius 1 is 1.07 bits per heavy atom.